The molecule has 0 radical (unpaired) electrons. The largest absolute Gasteiger partial charge is 0.477 e. The molecular weight excluding hydrogens is 236 g/mol. The molecule has 94 valence electrons. The van der Waals surface area contributed by atoms with E-state index in [1.807, 2.05) is 0 Å². The minimum atomic E-state index is -1.05. The molecule has 0 bridgehead atoms. The Morgan fingerprint density at radius 1 is 1.39 bits per heavy atom. The zero-order valence-electron chi connectivity index (χ0n) is 9.78. The number of aryl methyl sites for hydroxylation is 2. The summed E-state index contributed by atoms with van der Waals surface area (Å²) in [7, 11) is 0. The topological polar surface area (TPSA) is 90.0 Å². The Hall–Kier alpha value is -2.44. The molecule has 0 spiro atoms. The zero-order chi connectivity index (χ0) is 13.1. The monoisotopic (exact) mass is 248 g/mol. The minimum absolute atomic E-state index is 0.0975. The van der Waals surface area contributed by atoms with Crippen LogP contribution in [0.15, 0.2) is 24.7 Å². The predicted molar refractivity (Wildman–Crippen MR) is 61.4 cm³/mol. The van der Waals surface area contributed by atoms with Crippen molar-refractivity contribution < 1.29 is 14.7 Å². The number of aromatic carboxylic acids is 1. The average Bonchev–Trinajstić information content (AvgIpc) is 2.95. The highest BCUT2D eigenvalue weighted by molar-refractivity contribution is 5.97. The lowest BCUT2D eigenvalue weighted by Crippen LogP contribution is -2.12. The minimum Gasteiger partial charge on any atom is -0.477 e. The number of hydrogen-bond acceptors (Lipinski definition) is 4. The second-order valence-corrected chi connectivity index (χ2v) is 3.83. The van der Waals surface area contributed by atoms with Crippen LogP contribution in [0.2, 0.25) is 0 Å². The van der Waals surface area contributed by atoms with E-state index in [1.165, 1.54) is 17.6 Å². The van der Waals surface area contributed by atoms with Crippen molar-refractivity contribution in [3.8, 4) is 0 Å². The summed E-state index contributed by atoms with van der Waals surface area (Å²) in [6.45, 7) is 2.31. The maximum atomic E-state index is 11.2. The fraction of sp³-hybridized carbons (Fsp3) is 0.273. The second-order valence-electron chi connectivity index (χ2n) is 3.83. The highest BCUT2D eigenvalue weighted by Crippen LogP contribution is 2.10. The number of carboxylic acid groups (broad SMARTS) is 1. The molecule has 7 nitrogen and oxygen atoms in total. The first-order valence-corrected chi connectivity index (χ1v) is 5.36. The summed E-state index contributed by atoms with van der Waals surface area (Å²) in [4.78, 5) is 22.3. The smallest absolute Gasteiger partial charge is 0.352 e. The number of carbonyl (C=O) groups is 2. The van der Waals surface area contributed by atoms with Crippen LogP contribution in [-0.4, -0.2) is 36.4 Å². The molecule has 2 rings (SSSR count). The molecule has 0 amide bonds. The van der Waals surface area contributed by atoms with Crippen LogP contribution in [0.3, 0.4) is 0 Å². The van der Waals surface area contributed by atoms with Gasteiger partial charge in [-0.05, 0) is 13.0 Å². The number of hydrogen-bond donors (Lipinski definition) is 1. The Kier molecular flexibility index (Phi) is 3.22. The van der Waals surface area contributed by atoms with Crippen LogP contribution in [0.25, 0.3) is 0 Å². The first-order chi connectivity index (χ1) is 8.58. The van der Waals surface area contributed by atoms with Crippen LogP contribution in [0.1, 0.15) is 27.8 Å². The van der Waals surface area contributed by atoms with Crippen molar-refractivity contribution in [3.05, 3.63) is 35.9 Å². The van der Waals surface area contributed by atoms with E-state index in [1.54, 1.807) is 23.3 Å². The number of carbonyl (C=O) groups excluding carboxylic acids is 1. The van der Waals surface area contributed by atoms with Crippen LogP contribution in [0, 0.1) is 0 Å². The van der Waals surface area contributed by atoms with Crippen LogP contribution in [0.4, 0.5) is 0 Å². The van der Waals surface area contributed by atoms with Crippen LogP contribution >= 0.6 is 0 Å². The third-order valence-corrected chi connectivity index (χ3v) is 2.56. The van der Waals surface area contributed by atoms with E-state index in [2.05, 4.69) is 10.3 Å². The summed E-state index contributed by atoms with van der Waals surface area (Å²) in [5.41, 5.74) is 0.492. The van der Waals surface area contributed by atoms with Gasteiger partial charge < -0.3 is 9.67 Å². The standard InChI is InChI=1S/C11H12N4O3/c1-8(16)9-6-10(11(17)18)14(7-9)4-5-15-3-2-12-13-15/h2-3,6-7H,4-5H2,1H3,(H,17,18). The molecule has 2 aromatic rings. The van der Waals surface area contributed by atoms with Crippen molar-refractivity contribution in [1.29, 1.82) is 0 Å². The van der Waals surface area contributed by atoms with Crippen molar-refractivity contribution >= 4 is 11.8 Å². The Labute approximate surface area is 103 Å². The summed E-state index contributed by atoms with van der Waals surface area (Å²) in [6, 6.07) is 1.38. The fourth-order valence-corrected chi connectivity index (χ4v) is 1.63. The lowest BCUT2D eigenvalue weighted by Gasteiger charge is -2.05. The third kappa shape index (κ3) is 2.45. The van der Waals surface area contributed by atoms with Gasteiger partial charge in [-0.25, -0.2) is 4.79 Å². The third-order valence-electron chi connectivity index (χ3n) is 2.56. The Morgan fingerprint density at radius 2 is 2.17 bits per heavy atom. The molecule has 0 unspecified atom stereocenters. The maximum Gasteiger partial charge on any atom is 0.352 e. The van der Waals surface area contributed by atoms with E-state index in [0.717, 1.165) is 0 Å². The second kappa shape index (κ2) is 4.82. The molecule has 7 heteroatoms. The molecule has 0 aromatic carbocycles. The van der Waals surface area contributed by atoms with Gasteiger partial charge in [0, 0.05) is 24.5 Å². The molecule has 18 heavy (non-hydrogen) atoms. The van der Waals surface area contributed by atoms with Crippen molar-refractivity contribution in [3.63, 3.8) is 0 Å². The summed E-state index contributed by atoms with van der Waals surface area (Å²) in [5.74, 6) is -1.21. The van der Waals surface area contributed by atoms with Gasteiger partial charge in [-0.2, -0.15) is 0 Å². The molecule has 1 N–H and O–H groups in total. The quantitative estimate of drug-likeness (QED) is 0.786. The molecule has 0 aliphatic carbocycles. The molecule has 2 heterocycles. The zero-order valence-corrected chi connectivity index (χ0v) is 9.78. The average molecular weight is 248 g/mol. The first kappa shape index (κ1) is 12.0. The molecule has 0 atom stereocenters. The lowest BCUT2D eigenvalue weighted by molar-refractivity contribution is 0.0684. The maximum absolute atomic E-state index is 11.2. The highest BCUT2D eigenvalue weighted by Gasteiger charge is 2.14. The van der Waals surface area contributed by atoms with Gasteiger partial charge in [-0.1, -0.05) is 5.21 Å². The summed E-state index contributed by atoms with van der Waals surface area (Å²) < 4.78 is 3.12. The van der Waals surface area contributed by atoms with Crippen molar-refractivity contribution in [2.24, 2.45) is 0 Å². The molecule has 0 aliphatic heterocycles. The van der Waals surface area contributed by atoms with Crippen LogP contribution in [-0.2, 0) is 13.1 Å². The van der Waals surface area contributed by atoms with E-state index in [4.69, 9.17) is 5.11 Å². The summed E-state index contributed by atoms with van der Waals surface area (Å²) in [6.07, 6.45) is 4.79. The molecule has 0 aliphatic rings. The van der Waals surface area contributed by atoms with Crippen molar-refractivity contribution in [1.82, 2.24) is 19.6 Å². The Morgan fingerprint density at radius 3 is 2.72 bits per heavy atom. The molecule has 0 saturated heterocycles. The number of Topliss-reactive ketones (excluding diaryl/α,β-unsaturated/α-hetero) is 1. The number of ketones is 1. The van der Waals surface area contributed by atoms with Gasteiger partial charge in [0.05, 0.1) is 12.7 Å². The number of rotatable bonds is 5. The van der Waals surface area contributed by atoms with Gasteiger partial charge in [0.25, 0.3) is 0 Å². The van der Waals surface area contributed by atoms with E-state index in [-0.39, 0.29) is 11.5 Å². The van der Waals surface area contributed by atoms with E-state index in [0.29, 0.717) is 18.7 Å². The van der Waals surface area contributed by atoms with Gasteiger partial charge in [0.1, 0.15) is 5.69 Å². The van der Waals surface area contributed by atoms with Crippen LogP contribution in [0.5, 0.6) is 0 Å². The molecule has 0 fully saturated rings. The Balaban J connectivity index is 2.20. The van der Waals surface area contributed by atoms with Gasteiger partial charge >= 0.3 is 5.97 Å². The number of nitrogens with zero attached hydrogens (tertiary/aromatic N) is 4. The van der Waals surface area contributed by atoms with E-state index < -0.39 is 5.97 Å². The van der Waals surface area contributed by atoms with Gasteiger partial charge in [0.2, 0.25) is 0 Å². The van der Waals surface area contributed by atoms with Crippen molar-refractivity contribution in [2.75, 3.05) is 0 Å². The van der Waals surface area contributed by atoms with Gasteiger partial charge in [-0.3, -0.25) is 9.48 Å². The first-order valence-electron chi connectivity index (χ1n) is 5.36. The summed E-state index contributed by atoms with van der Waals surface area (Å²) in [5, 5.41) is 16.5. The SMILES string of the molecule is CC(=O)c1cc(C(=O)O)n(CCn2ccnn2)c1. The highest BCUT2D eigenvalue weighted by atomic mass is 16.4. The van der Waals surface area contributed by atoms with Crippen molar-refractivity contribution in [2.45, 2.75) is 20.0 Å². The molecular formula is C11H12N4O3. The van der Waals surface area contributed by atoms with Gasteiger partial charge in [0.15, 0.2) is 5.78 Å². The van der Waals surface area contributed by atoms with E-state index in [9.17, 15) is 9.59 Å². The lowest BCUT2D eigenvalue weighted by atomic mass is 10.2. The van der Waals surface area contributed by atoms with Crippen LogP contribution < -0.4 is 0 Å². The number of carboxylic acids is 1. The number of aromatic nitrogens is 4. The van der Waals surface area contributed by atoms with Gasteiger partial charge in [-0.15, -0.1) is 5.10 Å². The normalized spacial score (nSPS) is 10.5. The summed E-state index contributed by atoms with van der Waals surface area (Å²) >= 11 is 0. The fourth-order valence-electron chi connectivity index (χ4n) is 1.63. The predicted octanol–water partition coefficient (Wildman–Crippen LogP) is 0.681. The van der Waals surface area contributed by atoms with E-state index >= 15 is 0 Å². The Bertz CT molecular complexity index is 571. The molecule has 2 aromatic heterocycles. The molecule has 0 saturated carbocycles.